The largest absolute Gasteiger partial charge is 0.382 e. The molecule has 94 valence electrons. The molecule has 2 aromatic rings. The Morgan fingerprint density at radius 1 is 1.28 bits per heavy atom. The van der Waals surface area contributed by atoms with Crippen LogP contribution >= 0.6 is 22.6 Å². The van der Waals surface area contributed by atoms with Crippen LogP contribution in [0.5, 0.6) is 0 Å². The van der Waals surface area contributed by atoms with Crippen LogP contribution in [0.4, 0.5) is 20.3 Å². The van der Waals surface area contributed by atoms with Gasteiger partial charge in [-0.25, -0.2) is 13.8 Å². The zero-order valence-electron chi connectivity index (χ0n) is 9.25. The number of halogens is 3. The van der Waals surface area contributed by atoms with Gasteiger partial charge in [0.15, 0.2) is 0 Å². The van der Waals surface area contributed by atoms with Crippen LogP contribution in [0.2, 0.25) is 0 Å². The molecule has 6 heteroatoms. The second-order valence-electron chi connectivity index (χ2n) is 3.68. The number of nitrogen functional groups attached to an aromatic ring is 1. The number of nitrogens with zero attached hydrogens (tertiary/aromatic N) is 1. The fourth-order valence-corrected chi connectivity index (χ4v) is 1.90. The van der Waals surface area contributed by atoms with E-state index in [1.54, 1.807) is 6.20 Å². The highest BCUT2D eigenvalue weighted by Gasteiger charge is 2.05. The number of hydrogen-bond acceptors (Lipinski definition) is 3. The molecule has 18 heavy (non-hydrogen) atoms. The van der Waals surface area contributed by atoms with Crippen LogP contribution in [0.1, 0.15) is 5.56 Å². The molecule has 1 heterocycles. The first-order valence-electron chi connectivity index (χ1n) is 5.15. The van der Waals surface area contributed by atoms with Gasteiger partial charge in [0.25, 0.3) is 0 Å². The third-order valence-corrected chi connectivity index (χ3v) is 2.96. The summed E-state index contributed by atoms with van der Waals surface area (Å²) in [6.07, 6.45) is 1.64. The minimum atomic E-state index is -0.591. The van der Waals surface area contributed by atoms with Gasteiger partial charge in [-0.2, -0.15) is 0 Å². The van der Waals surface area contributed by atoms with Gasteiger partial charge in [0.1, 0.15) is 17.5 Å². The second kappa shape index (κ2) is 5.47. The van der Waals surface area contributed by atoms with Crippen molar-refractivity contribution in [3.8, 4) is 0 Å². The molecular weight excluding hydrogens is 351 g/mol. The number of hydrogen-bond donors (Lipinski definition) is 2. The minimum Gasteiger partial charge on any atom is -0.382 e. The van der Waals surface area contributed by atoms with Crippen molar-refractivity contribution in [3.63, 3.8) is 0 Å². The van der Waals surface area contributed by atoms with E-state index < -0.39 is 11.6 Å². The van der Waals surface area contributed by atoms with Gasteiger partial charge in [0.05, 0.1) is 5.69 Å². The molecule has 0 saturated carbocycles. The first-order chi connectivity index (χ1) is 8.56. The van der Waals surface area contributed by atoms with Crippen molar-refractivity contribution in [3.05, 3.63) is 51.2 Å². The van der Waals surface area contributed by atoms with Crippen LogP contribution < -0.4 is 11.1 Å². The van der Waals surface area contributed by atoms with E-state index in [4.69, 9.17) is 5.73 Å². The summed E-state index contributed by atoms with van der Waals surface area (Å²) in [4.78, 5) is 3.98. The average Bonchev–Trinajstić information content (AvgIpc) is 2.32. The van der Waals surface area contributed by atoms with E-state index in [9.17, 15) is 8.78 Å². The maximum atomic E-state index is 13.4. The average molecular weight is 361 g/mol. The minimum absolute atomic E-state index is 0.220. The fourth-order valence-electron chi connectivity index (χ4n) is 1.45. The Morgan fingerprint density at radius 3 is 2.78 bits per heavy atom. The number of benzene rings is 1. The maximum absolute atomic E-state index is 13.4. The molecule has 0 atom stereocenters. The molecule has 0 radical (unpaired) electrons. The van der Waals surface area contributed by atoms with Crippen molar-refractivity contribution in [2.24, 2.45) is 0 Å². The number of rotatable bonds is 3. The summed E-state index contributed by atoms with van der Waals surface area (Å²) < 4.78 is 27.1. The highest BCUT2D eigenvalue weighted by molar-refractivity contribution is 14.1. The Labute approximate surface area is 117 Å². The number of nitrogens with one attached hydrogen (secondary N) is 1. The van der Waals surface area contributed by atoms with E-state index in [0.29, 0.717) is 17.1 Å². The molecule has 0 spiro atoms. The van der Waals surface area contributed by atoms with Crippen LogP contribution in [0.25, 0.3) is 0 Å². The lowest BCUT2D eigenvalue weighted by atomic mass is 10.2. The summed E-state index contributed by atoms with van der Waals surface area (Å²) in [5.74, 6) is -0.829. The van der Waals surface area contributed by atoms with Crippen LogP contribution in [0, 0.1) is 15.2 Å². The van der Waals surface area contributed by atoms with Gasteiger partial charge in [-0.3, -0.25) is 0 Å². The molecule has 0 aliphatic heterocycles. The molecule has 0 aliphatic carbocycles. The Kier molecular flexibility index (Phi) is 3.95. The summed E-state index contributed by atoms with van der Waals surface area (Å²) in [7, 11) is 0. The molecule has 0 bridgehead atoms. The van der Waals surface area contributed by atoms with Gasteiger partial charge in [0, 0.05) is 27.9 Å². The smallest absolute Gasteiger partial charge is 0.146 e. The quantitative estimate of drug-likeness (QED) is 0.826. The van der Waals surface area contributed by atoms with Crippen molar-refractivity contribution >= 4 is 34.1 Å². The monoisotopic (exact) mass is 361 g/mol. The Morgan fingerprint density at radius 2 is 2.06 bits per heavy atom. The molecule has 2 rings (SSSR count). The van der Waals surface area contributed by atoms with Gasteiger partial charge in [-0.15, -0.1) is 0 Å². The molecule has 0 amide bonds. The molecule has 3 N–H and O–H groups in total. The van der Waals surface area contributed by atoms with E-state index in [0.717, 1.165) is 9.64 Å². The van der Waals surface area contributed by atoms with Crippen LogP contribution in [0.3, 0.4) is 0 Å². The lowest BCUT2D eigenvalue weighted by Crippen LogP contribution is -2.05. The van der Waals surface area contributed by atoms with Crippen molar-refractivity contribution in [2.75, 3.05) is 11.1 Å². The van der Waals surface area contributed by atoms with Gasteiger partial charge in [0.2, 0.25) is 0 Å². The molecule has 1 aromatic carbocycles. The van der Waals surface area contributed by atoms with Crippen molar-refractivity contribution in [2.45, 2.75) is 6.54 Å². The zero-order chi connectivity index (χ0) is 13.1. The highest BCUT2D eigenvalue weighted by Crippen LogP contribution is 2.19. The first kappa shape index (κ1) is 13.0. The SMILES string of the molecule is Nc1ncc(I)cc1NCc1ccc(F)cc1F. The molecular formula is C12H10F2IN3. The van der Waals surface area contributed by atoms with Crippen LogP contribution in [-0.2, 0) is 6.54 Å². The third kappa shape index (κ3) is 3.06. The molecule has 0 unspecified atom stereocenters. The van der Waals surface area contributed by atoms with E-state index in [1.165, 1.54) is 12.1 Å². The summed E-state index contributed by atoms with van der Waals surface area (Å²) >= 11 is 2.11. The standard InChI is InChI=1S/C12H10F2IN3/c13-8-2-1-7(10(14)3-8)5-17-11-4-9(15)6-18-12(11)16/h1-4,6,17H,5H2,(H2,16,18). The highest BCUT2D eigenvalue weighted by atomic mass is 127. The Balaban J connectivity index is 2.13. The molecule has 0 saturated heterocycles. The predicted octanol–water partition coefficient (Wildman–Crippen LogP) is 3.16. The van der Waals surface area contributed by atoms with Crippen LogP contribution in [0.15, 0.2) is 30.5 Å². The maximum Gasteiger partial charge on any atom is 0.146 e. The topological polar surface area (TPSA) is 50.9 Å². The third-order valence-electron chi connectivity index (χ3n) is 2.37. The molecule has 3 nitrogen and oxygen atoms in total. The van der Waals surface area contributed by atoms with Crippen molar-refractivity contribution < 1.29 is 8.78 Å². The predicted molar refractivity (Wildman–Crippen MR) is 75.1 cm³/mol. The summed E-state index contributed by atoms with van der Waals surface area (Å²) in [5.41, 5.74) is 6.69. The van der Waals surface area contributed by atoms with Crippen LogP contribution in [-0.4, -0.2) is 4.98 Å². The van der Waals surface area contributed by atoms with E-state index in [1.807, 2.05) is 6.07 Å². The Hall–Kier alpha value is -1.44. The lowest BCUT2D eigenvalue weighted by Gasteiger charge is -2.09. The molecule has 0 fully saturated rings. The number of aromatic nitrogens is 1. The van der Waals surface area contributed by atoms with Gasteiger partial charge >= 0.3 is 0 Å². The van der Waals surface area contributed by atoms with E-state index in [2.05, 4.69) is 32.9 Å². The second-order valence-corrected chi connectivity index (χ2v) is 4.92. The number of nitrogens with two attached hydrogens (primary N) is 1. The Bertz CT molecular complexity index is 575. The summed E-state index contributed by atoms with van der Waals surface area (Å²) in [5, 5.41) is 2.98. The summed E-state index contributed by atoms with van der Waals surface area (Å²) in [6, 6.07) is 5.28. The number of anilines is 2. The van der Waals surface area contributed by atoms with Gasteiger partial charge in [-0.05, 0) is 34.7 Å². The fraction of sp³-hybridized carbons (Fsp3) is 0.0833. The number of pyridine rings is 1. The first-order valence-corrected chi connectivity index (χ1v) is 6.23. The van der Waals surface area contributed by atoms with Gasteiger partial charge < -0.3 is 11.1 Å². The van der Waals surface area contributed by atoms with E-state index in [-0.39, 0.29) is 6.54 Å². The normalized spacial score (nSPS) is 10.4. The van der Waals surface area contributed by atoms with Crippen molar-refractivity contribution in [1.29, 1.82) is 0 Å². The zero-order valence-corrected chi connectivity index (χ0v) is 11.4. The molecule has 1 aromatic heterocycles. The molecule has 0 aliphatic rings. The van der Waals surface area contributed by atoms with E-state index >= 15 is 0 Å². The summed E-state index contributed by atoms with van der Waals surface area (Å²) in [6.45, 7) is 0.220. The van der Waals surface area contributed by atoms with Crippen molar-refractivity contribution in [1.82, 2.24) is 4.98 Å². The lowest BCUT2D eigenvalue weighted by molar-refractivity contribution is 0.574. The van der Waals surface area contributed by atoms with Gasteiger partial charge in [-0.1, -0.05) is 6.07 Å².